The Hall–Kier alpha value is -4.05. The Bertz CT molecular complexity index is 1550. The second-order valence-corrected chi connectivity index (χ2v) is 11.2. The van der Waals surface area contributed by atoms with Crippen molar-refractivity contribution in [3.8, 4) is 28.8 Å². The van der Waals surface area contributed by atoms with Crippen LogP contribution in [0.15, 0.2) is 47.1 Å². The van der Waals surface area contributed by atoms with Gasteiger partial charge in [0.1, 0.15) is 40.4 Å². The van der Waals surface area contributed by atoms with E-state index < -0.39 is 34.1 Å². The van der Waals surface area contributed by atoms with Gasteiger partial charge in [-0.1, -0.05) is 6.07 Å². The van der Waals surface area contributed by atoms with Crippen LogP contribution in [-0.4, -0.2) is 82.2 Å². The summed E-state index contributed by atoms with van der Waals surface area (Å²) >= 11 is 0. The fourth-order valence-corrected chi connectivity index (χ4v) is 5.05. The van der Waals surface area contributed by atoms with Gasteiger partial charge >= 0.3 is 0 Å². The number of hydrogen-bond donors (Lipinski definition) is 3. The van der Waals surface area contributed by atoms with Crippen LogP contribution >= 0.6 is 0 Å². The largest absolute Gasteiger partial charge is 0.494 e. The molecule has 4 rings (SSSR count). The van der Waals surface area contributed by atoms with Crippen molar-refractivity contribution < 1.29 is 37.3 Å². The second kappa shape index (κ2) is 12.6. The third-order valence-corrected chi connectivity index (χ3v) is 7.83. The summed E-state index contributed by atoms with van der Waals surface area (Å²) in [6.45, 7) is 4.03. The molecule has 0 aliphatic heterocycles. The lowest BCUT2D eigenvalue weighted by atomic mass is 10.2. The summed E-state index contributed by atoms with van der Waals surface area (Å²) in [7, 11) is -1.36. The maximum Gasteiger partial charge on any atom is 0.243 e. The molecule has 0 spiro atoms. The third-order valence-electron chi connectivity index (χ3n) is 6.13. The molecule has 0 aliphatic rings. The number of hydrogen-bond acceptors (Lipinski definition) is 12. The molecule has 0 amide bonds. The van der Waals surface area contributed by atoms with Crippen molar-refractivity contribution in [1.29, 1.82) is 0 Å². The predicted octanol–water partition coefficient (Wildman–Crippen LogP) is 2.19. The summed E-state index contributed by atoms with van der Waals surface area (Å²) < 4.78 is 54.2. The van der Waals surface area contributed by atoms with Gasteiger partial charge in [-0.3, -0.25) is 9.29 Å². The average molecular weight is 589 g/mol. The van der Waals surface area contributed by atoms with Gasteiger partial charge in [-0.05, 0) is 50.6 Å². The number of ether oxygens (including phenoxy) is 3. The number of sulfonamides is 1. The third kappa shape index (κ3) is 6.48. The first-order valence-electron chi connectivity index (χ1n) is 12.5. The average Bonchev–Trinajstić information content (AvgIpc) is 3.58. The van der Waals surface area contributed by atoms with E-state index in [0.29, 0.717) is 28.7 Å². The molecule has 0 fully saturated rings. The van der Waals surface area contributed by atoms with Crippen molar-refractivity contribution in [2.45, 2.75) is 38.2 Å². The molecule has 3 aromatic heterocycles. The van der Waals surface area contributed by atoms with E-state index in [1.165, 1.54) is 38.1 Å². The van der Waals surface area contributed by atoms with Crippen LogP contribution in [0.4, 0.5) is 5.95 Å². The van der Waals surface area contributed by atoms with Crippen LogP contribution in [-0.2, 0) is 14.8 Å². The normalized spacial score (nSPS) is 13.9. The number of rotatable bonds is 13. The number of furan rings is 1. The summed E-state index contributed by atoms with van der Waals surface area (Å²) in [5.41, 5.74) is 1.09. The van der Waals surface area contributed by atoms with E-state index in [1.54, 1.807) is 44.2 Å². The molecule has 15 heteroatoms. The number of aliphatic hydroxyl groups excluding tert-OH is 2. The van der Waals surface area contributed by atoms with Crippen LogP contribution in [0.25, 0.3) is 17.3 Å². The zero-order valence-electron chi connectivity index (χ0n) is 23.2. The van der Waals surface area contributed by atoms with Crippen LogP contribution in [0.2, 0.25) is 0 Å². The molecular weight excluding hydrogens is 556 g/mol. The number of nitrogens with one attached hydrogen (secondary N) is 1. The first-order valence-corrected chi connectivity index (χ1v) is 14.1. The number of aliphatic hydroxyl groups is 2. The molecule has 41 heavy (non-hydrogen) atoms. The number of aromatic nitrogens is 5. The molecule has 220 valence electrons. The molecule has 0 radical (unpaired) electrons. The summed E-state index contributed by atoms with van der Waals surface area (Å²) in [6, 6.07) is 8.51. The predicted molar refractivity (Wildman–Crippen MR) is 147 cm³/mol. The molecule has 1 aromatic carbocycles. The maximum atomic E-state index is 13.8. The first kappa shape index (κ1) is 29.9. The van der Waals surface area contributed by atoms with Gasteiger partial charge in [0, 0.05) is 12.4 Å². The number of benzene rings is 1. The lowest BCUT2D eigenvalue weighted by molar-refractivity contribution is -0.0324. The molecule has 0 saturated heterocycles. The molecule has 3 N–H and O–H groups in total. The van der Waals surface area contributed by atoms with Crippen molar-refractivity contribution in [2.75, 3.05) is 32.2 Å². The highest BCUT2D eigenvalue weighted by Crippen LogP contribution is 2.38. The molecule has 4 aromatic rings. The van der Waals surface area contributed by atoms with Crippen LogP contribution in [0.3, 0.4) is 0 Å². The highest BCUT2D eigenvalue weighted by atomic mass is 32.2. The van der Waals surface area contributed by atoms with Crippen molar-refractivity contribution >= 4 is 16.0 Å². The lowest BCUT2D eigenvalue weighted by Crippen LogP contribution is -2.35. The van der Waals surface area contributed by atoms with Crippen LogP contribution < -0.4 is 14.2 Å². The van der Waals surface area contributed by atoms with Crippen molar-refractivity contribution in [1.82, 2.24) is 24.7 Å². The van der Waals surface area contributed by atoms with Gasteiger partial charge in [-0.25, -0.2) is 18.4 Å². The number of methoxy groups -OCH3 is 2. The highest BCUT2D eigenvalue weighted by Gasteiger charge is 2.36. The minimum atomic E-state index is -4.29. The van der Waals surface area contributed by atoms with Gasteiger partial charge in [-0.2, -0.15) is 0 Å². The molecule has 3 atom stereocenters. The fourth-order valence-electron chi connectivity index (χ4n) is 3.95. The van der Waals surface area contributed by atoms with Gasteiger partial charge in [0.2, 0.25) is 21.8 Å². The number of para-hydroxylation sites is 1. The molecule has 3 unspecified atom stereocenters. The van der Waals surface area contributed by atoms with Crippen molar-refractivity contribution in [2.24, 2.45) is 0 Å². The Morgan fingerprint density at radius 1 is 1.05 bits per heavy atom. The molecule has 0 aliphatic carbocycles. The van der Waals surface area contributed by atoms with Gasteiger partial charge in [0.05, 0.1) is 27.4 Å². The highest BCUT2D eigenvalue weighted by molar-refractivity contribution is 7.93. The van der Waals surface area contributed by atoms with Gasteiger partial charge < -0.3 is 28.8 Å². The Kier molecular flexibility index (Phi) is 9.22. The van der Waals surface area contributed by atoms with Gasteiger partial charge in [0.25, 0.3) is 0 Å². The summed E-state index contributed by atoms with van der Waals surface area (Å²) in [5.74, 6) is 1.74. The Labute approximate surface area is 237 Å². The van der Waals surface area contributed by atoms with E-state index in [9.17, 15) is 18.6 Å². The van der Waals surface area contributed by atoms with E-state index in [-0.39, 0.29) is 24.2 Å². The fraction of sp³-hybridized carbons (Fsp3) is 0.385. The van der Waals surface area contributed by atoms with Crippen LogP contribution in [0, 0.1) is 13.8 Å². The van der Waals surface area contributed by atoms with E-state index in [0.717, 1.165) is 5.56 Å². The van der Waals surface area contributed by atoms with Gasteiger partial charge in [0.15, 0.2) is 11.6 Å². The van der Waals surface area contributed by atoms with Crippen molar-refractivity contribution in [3.63, 3.8) is 0 Å². The maximum absolute atomic E-state index is 13.8. The van der Waals surface area contributed by atoms with Crippen molar-refractivity contribution in [3.05, 3.63) is 59.9 Å². The Morgan fingerprint density at radius 3 is 2.27 bits per heavy atom. The molecule has 14 nitrogen and oxygen atoms in total. The number of anilines is 1. The number of aryl methyl sites for hydroxylation is 2. The minimum Gasteiger partial charge on any atom is -0.494 e. The monoisotopic (exact) mass is 588 g/mol. The van der Waals surface area contributed by atoms with Gasteiger partial charge in [-0.15, -0.1) is 10.2 Å². The molecule has 0 bridgehead atoms. The quantitative estimate of drug-likeness (QED) is 0.207. The molecular formula is C26H32N6O8S. The topological polar surface area (TPSA) is 184 Å². The van der Waals surface area contributed by atoms with E-state index >= 15 is 0 Å². The van der Waals surface area contributed by atoms with Crippen LogP contribution in [0.1, 0.15) is 30.2 Å². The zero-order chi connectivity index (χ0) is 29.7. The zero-order valence-corrected chi connectivity index (χ0v) is 24.0. The van der Waals surface area contributed by atoms with E-state index in [1.807, 2.05) is 0 Å². The lowest BCUT2D eigenvalue weighted by Gasteiger charge is -2.25. The Balaban J connectivity index is 1.80. The van der Waals surface area contributed by atoms with E-state index in [4.69, 9.17) is 18.6 Å². The van der Waals surface area contributed by atoms with Crippen LogP contribution in [0.5, 0.6) is 11.5 Å². The summed E-state index contributed by atoms with van der Waals surface area (Å²) in [5, 5.41) is 26.1. The van der Waals surface area contributed by atoms with E-state index in [2.05, 4.69) is 24.9 Å². The molecule has 3 heterocycles. The number of nitrogens with zero attached hydrogens (tertiary/aromatic N) is 5. The second-order valence-electron chi connectivity index (χ2n) is 9.17. The molecule has 0 saturated carbocycles. The minimum absolute atomic E-state index is 0.0817. The summed E-state index contributed by atoms with van der Waals surface area (Å²) in [4.78, 5) is 8.46. The smallest absolute Gasteiger partial charge is 0.243 e. The SMILES string of the molecule is COc1cccc(OC)c1-n1c(NS(=O)(=O)C(C)C(OCC(O)CO)c2ncc(C)cn2)nnc1-c1ccc(C)o1. The Morgan fingerprint density at radius 2 is 1.71 bits per heavy atom. The summed E-state index contributed by atoms with van der Waals surface area (Å²) in [6.07, 6.45) is 0.608. The first-order chi connectivity index (χ1) is 19.6. The standard InChI is InChI=1S/C26H32N6O8S/c1-15-11-27-24(28-12-15)23(39-14-18(34)13-33)17(3)41(35,36)31-26-30-29-25(21-10-9-16(2)40-21)32(26)22-19(37-4)7-6-8-20(22)38-5/h6-12,17-18,23,33-34H,13-14H2,1-5H3,(H,30,31).